The molecule has 7 heteroatoms. The number of hydrogen-bond acceptors (Lipinski definition) is 4. The molecular weight excluding hydrogens is 447 g/mol. The van der Waals surface area contributed by atoms with Crippen LogP contribution < -0.4 is 10.1 Å². The summed E-state index contributed by atoms with van der Waals surface area (Å²) >= 11 is 12.0. The van der Waals surface area contributed by atoms with Gasteiger partial charge in [0.2, 0.25) is 0 Å². The second kappa shape index (κ2) is 9.07. The number of amides is 2. The molecule has 4 rings (SSSR count). The molecule has 0 aromatic heterocycles. The number of carbonyl (C=O) groups excluding carboxylic acids is 2. The summed E-state index contributed by atoms with van der Waals surface area (Å²) in [5.74, 6) is -0.110. The highest BCUT2D eigenvalue weighted by Gasteiger charge is 2.39. The van der Waals surface area contributed by atoms with Crippen LogP contribution in [0.1, 0.15) is 16.7 Å². The Morgan fingerprint density at radius 2 is 1.53 bits per heavy atom. The van der Waals surface area contributed by atoms with Crippen molar-refractivity contribution in [3.05, 3.63) is 99.2 Å². The van der Waals surface area contributed by atoms with Crippen LogP contribution in [0.5, 0.6) is 5.75 Å². The molecule has 1 aliphatic heterocycles. The van der Waals surface area contributed by atoms with Gasteiger partial charge in [-0.05, 0) is 66.1 Å². The molecule has 0 atom stereocenters. The molecule has 0 saturated heterocycles. The highest BCUT2D eigenvalue weighted by molar-refractivity contribution is 6.36. The monoisotopic (exact) mass is 466 g/mol. The van der Waals surface area contributed by atoms with Crippen LogP contribution in [0.4, 0.5) is 5.69 Å². The lowest BCUT2D eigenvalue weighted by Gasteiger charge is -2.16. The largest absolute Gasteiger partial charge is 0.497 e. The summed E-state index contributed by atoms with van der Waals surface area (Å²) < 4.78 is 5.22. The van der Waals surface area contributed by atoms with E-state index in [1.807, 2.05) is 6.92 Å². The number of rotatable bonds is 6. The van der Waals surface area contributed by atoms with Crippen molar-refractivity contribution in [2.24, 2.45) is 0 Å². The van der Waals surface area contributed by atoms with Crippen molar-refractivity contribution >= 4 is 46.3 Å². The molecule has 0 radical (unpaired) electrons. The maximum absolute atomic E-state index is 13.4. The molecule has 0 unspecified atom stereocenters. The van der Waals surface area contributed by atoms with E-state index in [9.17, 15) is 9.59 Å². The number of imide groups is 1. The highest BCUT2D eigenvalue weighted by atomic mass is 35.5. The Labute approximate surface area is 196 Å². The van der Waals surface area contributed by atoms with E-state index in [0.29, 0.717) is 32.6 Å². The molecule has 3 aromatic carbocycles. The van der Waals surface area contributed by atoms with E-state index < -0.39 is 5.91 Å². The number of hydrogen-bond donors (Lipinski definition) is 1. The fourth-order valence-electron chi connectivity index (χ4n) is 3.54. The molecule has 5 nitrogen and oxygen atoms in total. The number of carbonyl (C=O) groups is 2. The topological polar surface area (TPSA) is 58.6 Å². The minimum Gasteiger partial charge on any atom is -0.497 e. The number of nitrogens with zero attached hydrogens (tertiary/aromatic N) is 1. The lowest BCUT2D eigenvalue weighted by Crippen LogP contribution is -2.32. The molecule has 0 aliphatic carbocycles. The van der Waals surface area contributed by atoms with E-state index in [1.54, 1.807) is 73.8 Å². The van der Waals surface area contributed by atoms with Crippen molar-refractivity contribution < 1.29 is 14.3 Å². The molecule has 1 heterocycles. The Balaban J connectivity index is 1.74. The summed E-state index contributed by atoms with van der Waals surface area (Å²) in [7, 11) is 1.57. The van der Waals surface area contributed by atoms with Gasteiger partial charge in [-0.3, -0.25) is 14.5 Å². The van der Waals surface area contributed by atoms with Gasteiger partial charge in [0.25, 0.3) is 11.8 Å². The van der Waals surface area contributed by atoms with E-state index >= 15 is 0 Å². The number of halogens is 2. The number of ether oxygens (including phenoxy) is 1. The smallest absolute Gasteiger partial charge is 0.278 e. The van der Waals surface area contributed by atoms with Crippen LogP contribution in [0.3, 0.4) is 0 Å². The summed E-state index contributed by atoms with van der Waals surface area (Å²) in [5.41, 5.74) is 3.51. The van der Waals surface area contributed by atoms with Crippen molar-refractivity contribution in [2.45, 2.75) is 13.5 Å². The van der Waals surface area contributed by atoms with Gasteiger partial charge >= 0.3 is 0 Å². The van der Waals surface area contributed by atoms with Crippen molar-refractivity contribution in [3.63, 3.8) is 0 Å². The first-order chi connectivity index (χ1) is 15.4. The number of nitrogens with one attached hydrogen (secondary N) is 1. The van der Waals surface area contributed by atoms with Crippen LogP contribution in [0.2, 0.25) is 10.0 Å². The minimum absolute atomic E-state index is 0.138. The minimum atomic E-state index is -0.398. The van der Waals surface area contributed by atoms with Crippen molar-refractivity contribution in [2.75, 3.05) is 12.4 Å². The molecule has 2 amide bonds. The van der Waals surface area contributed by atoms with E-state index in [0.717, 1.165) is 11.1 Å². The maximum atomic E-state index is 13.4. The fraction of sp³-hybridized carbons (Fsp3) is 0.120. The zero-order valence-corrected chi connectivity index (χ0v) is 19.0. The Morgan fingerprint density at radius 3 is 2.16 bits per heavy atom. The van der Waals surface area contributed by atoms with Gasteiger partial charge in [-0.25, -0.2) is 0 Å². The average molecular weight is 467 g/mol. The lowest BCUT2D eigenvalue weighted by molar-refractivity contribution is -0.137. The van der Waals surface area contributed by atoms with Crippen LogP contribution >= 0.6 is 23.2 Å². The average Bonchev–Trinajstić information content (AvgIpc) is 3.01. The number of anilines is 1. The predicted octanol–water partition coefficient (Wildman–Crippen LogP) is 5.70. The molecule has 3 aromatic rings. The quantitative estimate of drug-likeness (QED) is 0.473. The molecular formula is C25H20Cl2N2O3. The van der Waals surface area contributed by atoms with Crippen LogP contribution in [0.15, 0.2) is 72.4 Å². The Kier molecular flexibility index (Phi) is 6.21. The van der Waals surface area contributed by atoms with Crippen LogP contribution in [-0.2, 0) is 16.1 Å². The molecule has 32 heavy (non-hydrogen) atoms. The zero-order valence-electron chi connectivity index (χ0n) is 17.5. The summed E-state index contributed by atoms with van der Waals surface area (Å²) in [6, 6.07) is 19.4. The van der Waals surface area contributed by atoms with E-state index in [4.69, 9.17) is 27.9 Å². The summed E-state index contributed by atoms with van der Waals surface area (Å²) in [6.45, 7) is 2.02. The second-order valence-corrected chi connectivity index (χ2v) is 8.26. The van der Waals surface area contributed by atoms with Gasteiger partial charge in [-0.2, -0.15) is 0 Å². The molecule has 0 spiro atoms. The van der Waals surface area contributed by atoms with E-state index in [-0.39, 0.29) is 18.1 Å². The van der Waals surface area contributed by atoms with Gasteiger partial charge in [0.05, 0.1) is 19.2 Å². The van der Waals surface area contributed by atoms with Gasteiger partial charge in [0.15, 0.2) is 0 Å². The Bertz CT molecular complexity index is 1220. The molecule has 1 N–H and O–H groups in total. The number of methoxy groups -OCH3 is 1. The first-order valence-electron chi connectivity index (χ1n) is 9.90. The molecule has 1 aliphatic rings. The SMILES string of the molecule is COc1ccc(C2=C(Nc3ccc(Cl)cc3C)C(=O)N(Cc3ccc(Cl)cc3)C2=O)cc1. The lowest BCUT2D eigenvalue weighted by atomic mass is 10.0. The number of benzene rings is 3. The first-order valence-corrected chi connectivity index (χ1v) is 10.7. The van der Waals surface area contributed by atoms with Gasteiger partial charge in [-0.1, -0.05) is 47.5 Å². The van der Waals surface area contributed by atoms with E-state index in [1.165, 1.54) is 4.90 Å². The van der Waals surface area contributed by atoms with Gasteiger partial charge in [0, 0.05) is 15.7 Å². The van der Waals surface area contributed by atoms with Crippen LogP contribution in [0.25, 0.3) is 5.57 Å². The van der Waals surface area contributed by atoms with Gasteiger partial charge < -0.3 is 10.1 Å². The summed E-state index contributed by atoms with van der Waals surface area (Å²) in [6.07, 6.45) is 0. The fourth-order valence-corrected chi connectivity index (χ4v) is 3.89. The standard InChI is InChI=1S/C25H20Cl2N2O3/c1-15-13-19(27)9-12-21(15)28-23-22(17-5-10-20(32-2)11-6-17)24(30)29(25(23)31)14-16-3-7-18(26)8-4-16/h3-13,28H,14H2,1-2H3. The summed E-state index contributed by atoms with van der Waals surface area (Å²) in [4.78, 5) is 28.0. The molecule has 162 valence electrons. The van der Waals surface area contributed by atoms with Gasteiger partial charge in [-0.15, -0.1) is 0 Å². The van der Waals surface area contributed by atoms with E-state index in [2.05, 4.69) is 5.32 Å². The van der Waals surface area contributed by atoms with Crippen molar-refractivity contribution in [3.8, 4) is 5.75 Å². The Morgan fingerprint density at radius 1 is 0.875 bits per heavy atom. The second-order valence-electron chi connectivity index (χ2n) is 7.39. The molecule has 0 saturated carbocycles. The first kappa shape index (κ1) is 21.9. The van der Waals surface area contributed by atoms with Gasteiger partial charge in [0.1, 0.15) is 11.4 Å². The van der Waals surface area contributed by atoms with Crippen molar-refractivity contribution in [1.29, 1.82) is 0 Å². The third kappa shape index (κ3) is 4.35. The predicted molar refractivity (Wildman–Crippen MR) is 127 cm³/mol. The third-order valence-corrected chi connectivity index (χ3v) is 5.74. The van der Waals surface area contributed by atoms with Crippen LogP contribution in [0, 0.1) is 6.92 Å². The van der Waals surface area contributed by atoms with Crippen LogP contribution in [-0.4, -0.2) is 23.8 Å². The third-order valence-electron chi connectivity index (χ3n) is 5.25. The van der Waals surface area contributed by atoms with Crippen molar-refractivity contribution in [1.82, 2.24) is 4.90 Å². The zero-order chi connectivity index (χ0) is 22.8. The maximum Gasteiger partial charge on any atom is 0.278 e. The number of aryl methyl sites for hydroxylation is 1. The highest BCUT2D eigenvalue weighted by Crippen LogP contribution is 2.33. The molecule has 0 fully saturated rings. The molecule has 0 bridgehead atoms. The Hall–Kier alpha value is -3.28. The normalized spacial score (nSPS) is 13.7. The summed E-state index contributed by atoms with van der Waals surface area (Å²) in [5, 5.41) is 4.36.